The van der Waals surface area contributed by atoms with E-state index in [4.69, 9.17) is 0 Å². The van der Waals surface area contributed by atoms with Gasteiger partial charge in [-0.15, -0.1) is 11.6 Å². The van der Waals surface area contributed by atoms with E-state index >= 15 is 0 Å². The Morgan fingerprint density at radius 1 is 0.500 bits per heavy atom. The summed E-state index contributed by atoms with van der Waals surface area (Å²) >= 11 is 4.64. The number of halogens is 1. The quantitative estimate of drug-likeness (QED) is 0.306. The van der Waals surface area contributed by atoms with E-state index in [2.05, 4.69) is 11.6 Å². The second-order valence-electron chi connectivity index (χ2n) is 0. The normalized spacial score (nSPS) is 0.750. The monoisotopic (exact) mass is 284 g/mol. The van der Waals surface area contributed by atoms with Crippen LogP contribution in [0.1, 0.15) is 0 Å². The van der Waals surface area contributed by atoms with Crippen molar-refractivity contribution in [3.8, 4) is 0 Å². The molecule has 0 radical (unpaired) electrons. The topological polar surface area (TPSA) is 0 Å². The van der Waals surface area contributed by atoms with Crippen LogP contribution in [-0.2, 0) is 0 Å². The molecule has 0 aliphatic carbocycles. The molecule has 0 spiro atoms. The summed E-state index contributed by atoms with van der Waals surface area (Å²) < 4.78 is 0. The SMILES string of the molecule is CCl.[K+].[K+].[K+].[K+].[K+].[K+]. The number of rotatable bonds is 0. The van der Waals surface area contributed by atoms with E-state index < -0.39 is 0 Å². The van der Waals surface area contributed by atoms with E-state index in [9.17, 15) is 0 Å². The predicted octanol–water partition coefficient (Wildman–Crippen LogP) is -17.1. The van der Waals surface area contributed by atoms with Crippen LogP contribution in [-0.4, -0.2) is 6.38 Å². The third kappa shape index (κ3) is 36.0. The molecule has 0 aromatic rings. The number of hydrogen-bond acceptors (Lipinski definition) is 0. The summed E-state index contributed by atoms with van der Waals surface area (Å²) in [6.45, 7) is 0. The molecule has 0 N–H and O–H groups in total. The van der Waals surface area contributed by atoms with Crippen LogP contribution in [0, 0.1) is 0 Å². The van der Waals surface area contributed by atoms with Gasteiger partial charge in [-0.1, -0.05) is 0 Å². The van der Waals surface area contributed by atoms with Gasteiger partial charge in [0.05, 0.1) is 0 Å². The molecule has 0 saturated carbocycles. The van der Waals surface area contributed by atoms with Crippen molar-refractivity contribution in [3.05, 3.63) is 0 Å². The molecular weight excluding hydrogens is 282 g/mol. The first-order chi connectivity index (χ1) is 1.00. The molecule has 0 heterocycles. The summed E-state index contributed by atoms with van der Waals surface area (Å²) in [7, 11) is 0. The number of hydrogen-bond donors (Lipinski definition) is 0. The minimum atomic E-state index is 0. The Hall–Kier alpha value is 10.1. The second-order valence-corrected chi connectivity index (χ2v) is 0. The Morgan fingerprint density at radius 2 is 0.500 bits per heavy atom. The average Bonchev–Trinajstić information content (AvgIpc) is 1.00. The van der Waals surface area contributed by atoms with Crippen molar-refractivity contribution in [3.63, 3.8) is 0 Å². The van der Waals surface area contributed by atoms with Crippen LogP contribution < -0.4 is 308 Å². The summed E-state index contributed by atoms with van der Waals surface area (Å²) in [6, 6.07) is 0. The van der Waals surface area contributed by atoms with Crippen molar-refractivity contribution in [1.29, 1.82) is 0 Å². The van der Waals surface area contributed by atoms with Crippen LogP contribution in [0.5, 0.6) is 0 Å². The van der Waals surface area contributed by atoms with Crippen LogP contribution in [0.2, 0.25) is 0 Å². The van der Waals surface area contributed by atoms with Crippen LogP contribution in [0.3, 0.4) is 0 Å². The van der Waals surface area contributed by atoms with Gasteiger partial charge in [0.15, 0.2) is 0 Å². The Bertz CT molecular complexity index is 8.49. The van der Waals surface area contributed by atoms with Gasteiger partial charge in [-0.05, 0) is 0 Å². The van der Waals surface area contributed by atoms with Crippen molar-refractivity contribution in [2.75, 3.05) is 6.38 Å². The molecule has 0 saturated heterocycles. The van der Waals surface area contributed by atoms with Crippen molar-refractivity contribution in [2.24, 2.45) is 0 Å². The molecule has 14 valence electrons. The Morgan fingerprint density at radius 3 is 0.500 bits per heavy atom. The zero-order valence-electron chi connectivity index (χ0n) is 7.38. The maximum Gasteiger partial charge on any atom is 1.00 e. The van der Waals surface area contributed by atoms with Gasteiger partial charge >= 0.3 is 308 Å². The van der Waals surface area contributed by atoms with E-state index in [1.165, 1.54) is 6.38 Å². The molecular formula is CH3ClK6+6. The first kappa shape index (κ1) is 43.0. The van der Waals surface area contributed by atoms with Gasteiger partial charge in [-0.25, -0.2) is 0 Å². The Labute approximate surface area is 313 Å². The van der Waals surface area contributed by atoms with Crippen LogP contribution in [0.4, 0.5) is 0 Å². The van der Waals surface area contributed by atoms with Gasteiger partial charge in [0.2, 0.25) is 0 Å². The van der Waals surface area contributed by atoms with Gasteiger partial charge in [-0.3, -0.25) is 0 Å². The fourth-order valence-corrected chi connectivity index (χ4v) is 0. The molecule has 0 bridgehead atoms. The van der Waals surface area contributed by atoms with E-state index in [1.807, 2.05) is 0 Å². The summed E-state index contributed by atoms with van der Waals surface area (Å²) in [4.78, 5) is 0. The average molecular weight is 285 g/mol. The van der Waals surface area contributed by atoms with Crippen LogP contribution in [0.25, 0.3) is 0 Å². The minimum Gasteiger partial charge on any atom is -0.130 e. The standard InChI is InChI=1S/CH3Cl.6K/c1-2;;;;;;/h1H3;;;;;;/q;6*+1. The molecule has 8 heavy (non-hydrogen) atoms. The van der Waals surface area contributed by atoms with E-state index in [0.717, 1.165) is 0 Å². The zero-order chi connectivity index (χ0) is 2.00. The molecule has 0 atom stereocenters. The molecule has 0 amide bonds. The van der Waals surface area contributed by atoms with Crippen molar-refractivity contribution < 1.29 is 308 Å². The van der Waals surface area contributed by atoms with E-state index in [-0.39, 0.29) is 308 Å². The van der Waals surface area contributed by atoms with Gasteiger partial charge in [0.1, 0.15) is 0 Å². The van der Waals surface area contributed by atoms with Gasteiger partial charge in [0.25, 0.3) is 0 Å². The maximum absolute atomic E-state index is 4.64. The Kier molecular flexibility index (Phi) is 233. The largest absolute Gasteiger partial charge is 1.00 e. The van der Waals surface area contributed by atoms with Crippen molar-refractivity contribution >= 4 is 11.6 Å². The third-order valence-corrected chi connectivity index (χ3v) is 0. The molecule has 0 aliphatic rings. The van der Waals surface area contributed by atoms with Crippen LogP contribution in [0.15, 0.2) is 0 Å². The fourth-order valence-electron chi connectivity index (χ4n) is 0. The minimum absolute atomic E-state index is 0. The molecule has 0 aliphatic heterocycles. The zero-order valence-corrected chi connectivity index (χ0v) is 26.9. The van der Waals surface area contributed by atoms with Gasteiger partial charge in [-0.2, -0.15) is 0 Å². The molecule has 0 aromatic heterocycles. The molecule has 7 heteroatoms. The van der Waals surface area contributed by atoms with Gasteiger partial charge < -0.3 is 0 Å². The second kappa shape index (κ2) is 43.4. The first-order valence-corrected chi connectivity index (χ1v) is 1.13. The molecule has 0 aromatic carbocycles. The summed E-state index contributed by atoms with van der Waals surface area (Å²) in [5, 5.41) is 0. The molecule has 0 fully saturated rings. The smallest absolute Gasteiger partial charge is 0.130 e. The summed E-state index contributed by atoms with van der Waals surface area (Å²) in [5.41, 5.74) is 0. The molecule has 0 unspecified atom stereocenters. The van der Waals surface area contributed by atoms with E-state index in [1.54, 1.807) is 0 Å². The summed E-state index contributed by atoms with van der Waals surface area (Å²) in [5.74, 6) is 0. The predicted molar refractivity (Wildman–Crippen MR) is 11.8 cm³/mol. The Balaban J connectivity index is -0.000000000333. The number of alkyl halides is 1. The van der Waals surface area contributed by atoms with Crippen molar-refractivity contribution in [2.45, 2.75) is 0 Å². The maximum atomic E-state index is 4.64. The third-order valence-electron chi connectivity index (χ3n) is 0. The first-order valence-electron chi connectivity index (χ1n) is 0.378. The van der Waals surface area contributed by atoms with Crippen molar-refractivity contribution in [1.82, 2.24) is 0 Å². The summed E-state index contributed by atoms with van der Waals surface area (Å²) in [6.07, 6.45) is 1.47. The van der Waals surface area contributed by atoms with Crippen LogP contribution >= 0.6 is 11.6 Å². The molecule has 0 nitrogen and oxygen atoms in total. The fraction of sp³-hybridized carbons (Fsp3) is 1.00. The van der Waals surface area contributed by atoms with E-state index in [0.29, 0.717) is 0 Å². The molecule has 0 rings (SSSR count). The van der Waals surface area contributed by atoms with Gasteiger partial charge in [0, 0.05) is 6.38 Å².